The van der Waals surface area contributed by atoms with Crippen molar-refractivity contribution in [2.24, 2.45) is 5.73 Å². The molecule has 10 heteroatoms. The lowest BCUT2D eigenvalue weighted by atomic mass is 10.1. The third kappa shape index (κ3) is 6.98. The predicted octanol–water partition coefficient (Wildman–Crippen LogP) is 4.97. The molecule has 4 rings (SSSR count). The van der Waals surface area contributed by atoms with E-state index in [-0.39, 0.29) is 23.6 Å². The number of nitrogens with one attached hydrogen (secondary N) is 2. The van der Waals surface area contributed by atoms with Gasteiger partial charge in [-0.1, -0.05) is 12.1 Å². The van der Waals surface area contributed by atoms with Gasteiger partial charge in [-0.05, 0) is 76.2 Å². The molecular weight excluding hydrogens is 501 g/mol. The Kier molecular flexibility index (Phi) is 7.94. The van der Waals surface area contributed by atoms with E-state index in [1.807, 2.05) is 39.8 Å². The fourth-order valence-corrected chi connectivity index (χ4v) is 3.85. The molecule has 0 saturated heterocycles. The minimum atomic E-state index is -0.854. The van der Waals surface area contributed by atoms with Crippen molar-refractivity contribution in [2.45, 2.75) is 33.2 Å². The van der Waals surface area contributed by atoms with Crippen LogP contribution in [-0.4, -0.2) is 40.5 Å². The maximum absolute atomic E-state index is 14.5. The molecule has 4 aromatic rings. The van der Waals surface area contributed by atoms with Gasteiger partial charge >= 0.3 is 0 Å². The molecule has 4 N–H and O–H groups in total. The third-order valence-corrected chi connectivity index (χ3v) is 5.45. The van der Waals surface area contributed by atoms with E-state index in [0.717, 1.165) is 0 Å². The smallest absolute Gasteiger partial charge is 0.258 e. The molecule has 0 aliphatic rings. The van der Waals surface area contributed by atoms with Gasteiger partial charge in [0.05, 0.1) is 17.7 Å². The Labute approximate surface area is 225 Å². The van der Waals surface area contributed by atoms with Crippen LogP contribution in [0.15, 0.2) is 60.7 Å². The van der Waals surface area contributed by atoms with Crippen LogP contribution < -0.4 is 25.8 Å². The first kappa shape index (κ1) is 27.3. The Hall–Kier alpha value is -4.73. The summed E-state index contributed by atoms with van der Waals surface area (Å²) < 4.78 is 25.8. The lowest BCUT2D eigenvalue weighted by Crippen LogP contribution is -2.43. The van der Waals surface area contributed by atoms with Crippen LogP contribution in [0.5, 0.6) is 11.5 Å². The number of nitrogens with zero attached hydrogens (tertiary/aromatic N) is 2. The summed E-state index contributed by atoms with van der Waals surface area (Å²) in [7, 11) is 0. The number of hydrogen-bond donors (Lipinski definition) is 3. The molecule has 1 aromatic heterocycles. The van der Waals surface area contributed by atoms with E-state index < -0.39 is 11.7 Å². The third-order valence-electron chi connectivity index (χ3n) is 5.45. The van der Waals surface area contributed by atoms with E-state index >= 15 is 0 Å². The average molecular weight is 532 g/mol. The molecule has 3 aromatic carbocycles. The van der Waals surface area contributed by atoms with Crippen molar-refractivity contribution < 1.29 is 23.5 Å². The number of ether oxygens (including phenoxy) is 2. The van der Waals surface area contributed by atoms with Crippen molar-refractivity contribution in [3.63, 3.8) is 0 Å². The van der Waals surface area contributed by atoms with Crippen LogP contribution in [0.3, 0.4) is 0 Å². The number of halogens is 1. The molecule has 0 aliphatic carbocycles. The van der Waals surface area contributed by atoms with Gasteiger partial charge in [0.15, 0.2) is 12.4 Å². The summed E-state index contributed by atoms with van der Waals surface area (Å²) in [5, 5.41) is 6.63. The van der Waals surface area contributed by atoms with E-state index in [9.17, 15) is 14.0 Å². The maximum atomic E-state index is 14.5. The Morgan fingerprint density at radius 2 is 1.74 bits per heavy atom. The molecular formula is C29H30FN5O4. The molecule has 0 saturated carbocycles. The number of fused-ring (bicyclic) bond motifs is 1. The highest BCUT2D eigenvalue weighted by Crippen LogP contribution is 2.31. The molecule has 0 radical (unpaired) electrons. The molecule has 202 valence electrons. The van der Waals surface area contributed by atoms with Gasteiger partial charge in [0.2, 0.25) is 0 Å². The summed E-state index contributed by atoms with van der Waals surface area (Å²) in [4.78, 5) is 33.0. The number of carbonyl (C=O) groups excluding carboxylic acids is 2. The highest BCUT2D eigenvalue weighted by Gasteiger charge is 2.16. The summed E-state index contributed by atoms with van der Waals surface area (Å²) in [6.45, 7) is 7.91. The van der Waals surface area contributed by atoms with E-state index in [2.05, 4.69) is 10.6 Å². The number of hydrogen-bond acceptors (Lipinski definition) is 7. The fourth-order valence-electron chi connectivity index (χ4n) is 3.85. The lowest BCUT2D eigenvalue weighted by molar-refractivity contribution is -0.124. The number of benzene rings is 3. The van der Waals surface area contributed by atoms with Crippen molar-refractivity contribution in [3.8, 4) is 22.9 Å². The van der Waals surface area contributed by atoms with Crippen LogP contribution in [0.2, 0.25) is 0 Å². The molecule has 0 aliphatic heterocycles. The number of primary amides is 1. The standard InChI is InChI=1S/C29H30FN5O4/c1-5-38-20-10-12-24-22(15-20)28(32-18-9-11-21(26(31)37)23(30)14-18)34-27(33-24)17-7-6-8-19(13-17)39-16-25(36)35-29(2,3)4/h6-15H,5,16H2,1-4H3,(H2,31,37)(H,35,36)(H,32,33,34). The van der Waals surface area contributed by atoms with Crippen LogP contribution in [0, 0.1) is 5.82 Å². The van der Waals surface area contributed by atoms with Gasteiger partial charge in [-0.2, -0.15) is 0 Å². The second kappa shape index (κ2) is 11.3. The van der Waals surface area contributed by atoms with Gasteiger partial charge < -0.3 is 25.8 Å². The van der Waals surface area contributed by atoms with Crippen molar-refractivity contribution in [1.82, 2.24) is 15.3 Å². The Morgan fingerprint density at radius 1 is 0.974 bits per heavy atom. The minimum absolute atomic E-state index is 0.140. The van der Waals surface area contributed by atoms with Crippen LogP contribution in [0.1, 0.15) is 38.1 Å². The zero-order chi connectivity index (χ0) is 28.2. The Balaban J connectivity index is 1.70. The van der Waals surface area contributed by atoms with Crippen molar-refractivity contribution in [1.29, 1.82) is 0 Å². The van der Waals surface area contributed by atoms with Gasteiger partial charge in [-0.15, -0.1) is 0 Å². The predicted molar refractivity (Wildman–Crippen MR) is 148 cm³/mol. The van der Waals surface area contributed by atoms with Crippen molar-refractivity contribution >= 4 is 34.2 Å². The largest absolute Gasteiger partial charge is 0.494 e. The second-order valence-corrected chi connectivity index (χ2v) is 9.81. The van der Waals surface area contributed by atoms with Gasteiger partial charge in [-0.3, -0.25) is 9.59 Å². The topological polar surface area (TPSA) is 128 Å². The molecule has 2 amide bonds. The zero-order valence-electron chi connectivity index (χ0n) is 22.2. The fraction of sp³-hybridized carbons (Fsp3) is 0.241. The average Bonchev–Trinajstić information content (AvgIpc) is 2.87. The molecule has 0 unspecified atom stereocenters. The SMILES string of the molecule is CCOc1ccc2nc(-c3cccc(OCC(=O)NC(C)(C)C)c3)nc(Nc3ccc(C(N)=O)c(F)c3)c2c1. The summed E-state index contributed by atoms with van der Waals surface area (Å²) >= 11 is 0. The molecule has 9 nitrogen and oxygen atoms in total. The quantitative estimate of drug-likeness (QED) is 0.278. The normalized spacial score (nSPS) is 11.2. The first-order chi connectivity index (χ1) is 18.5. The highest BCUT2D eigenvalue weighted by atomic mass is 19.1. The molecule has 1 heterocycles. The zero-order valence-corrected chi connectivity index (χ0v) is 22.2. The van der Waals surface area contributed by atoms with Gasteiger partial charge in [0.25, 0.3) is 11.8 Å². The van der Waals surface area contributed by atoms with Crippen LogP contribution >= 0.6 is 0 Å². The van der Waals surface area contributed by atoms with Crippen LogP contribution in [0.25, 0.3) is 22.3 Å². The summed E-state index contributed by atoms with van der Waals surface area (Å²) in [5.41, 5.74) is 6.30. The molecule has 0 atom stereocenters. The van der Waals surface area contributed by atoms with Gasteiger partial charge in [0, 0.05) is 22.2 Å². The first-order valence-electron chi connectivity index (χ1n) is 12.4. The monoisotopic (exact) mass is 531 g/mol. The summed E-state index contributed by atoms with van der Waals surface area (Å²) in [5.74, 6) is 0.0523. The molecule has 0 fully saturated rings. The number of carbonyl (C=O) groups is 2. The summed E-state index contributed by atoms with van der Waals surface area (Å²) in [6, 6.07) is 16.5. The van der Waals surface area contributed by atoms with E-state index in [4.69, 9.17) is 25.2 Å². The first-order valence-corrected chi connectivity index (χ1v) is 12.4. The van der Waals surface area contributed by atoms with E-state index in [1.54, 1.807) is 36.4 Å². The summed E-state index contributed by atoms with van der Waals surface area (Å²) in [6.07, 6.45) is 0. The molecule has 0 spiro atoms. The van der Waals surface area contributed by atoms with Gasteiger partial charge in [-0.25, -0.2) is 14.4 Å². The highest BCUT2D eigenvalue weighted by molar-refractivity contribution is 5.95. The minimum Gasteiger partial charge on any atom is -0.494 e. The molecule has 0 bridgehead atoms. The van der Waals surface area contributed by atoms with Crippen LogP contribution in [0.4, 0.5) is 15.9 Å². The van der Waals surface area contributed by atoms with Crippen LogP contribution in [-0.2, 0) is 4.79 Å². The Bertz CT molecular complexity index is 1530. The number of nitrogens with two attached hydrogens (primary N) is 1. The van der Waals surface area contributed by atoms with E-state index in [1.165, 1.54) is 12.1 Å². The van der Waals surface area contributed by atoms with Crippen molar-refractivity contribution in [3.05, 3.63) is 72.0 Å². The lowest BCUT2D eigenvalue weighted by Gasteiger charge is -2.20. The number of aromatic nitrogens is 2. The van der Waals surface area contributed by atoms with Crippen molar-refractivity contribution in [2.75, 3.05) is 18.5 Å². The maximum Gasteiger partial charge on any atom is 0.258 e. The number of amides is 2. The second-order valence-electron chi connectivity index (χ2n) is 9.81. The number of anilines is 2. The number of rotatable bonds is 9. The molecule has 39 heavy (non-hydrogen) atoms. The van der Waals surface area contributed by atoms with E-state index in [0.29, 0.717) is 51.9 Å². The Morgan fingerprint density at radius 3 is 2.44 bits per heavy atom. The van der Waals surface area contributed by atoms with Gasteiger partial charge in [0.1, 0.15) is 23.1 Å².